The minimum Gasteiger partial charge on any atom is -0.365 e. The molecule has 136 valence electrons. The highest BCUT2D eigenvalue weighted by Gasteiger charge is 2.40. The minimum atomic E-state index is -0.882. The third kappa shape index (κ3) is 3.86. The molecule has 2 aromatic rings. The quantitative estimate of drug-likeness (QED) is 0.651. The van der Waals surface area contributed by atoms with Gasteiger partial charge in [-0.2, -0.15) is 5.26 Å². The monoisotopic (exact) mass is 381 g/mol. The van der Waals surface area contributed by atoms with Crippen LogP contribution in [0.4, 0.5) is 10.1 Å². The first-order valence-electron chi connectivity index (χ1n) is 8.16. The van der Waals surface area contributed by atoms with E-state index in [0.717, 1.165) is 22.9 Å². The van der Waals surface area contributed by atoms with Gasteiger partial charge in [-0.25, -0.2) is 4.39 Å². The summed E-state index contributed by atoms with van der Waals surface area (Å²) in [7, 11) is 0. The number of hydrogen-bond donors (Lipinski definition) is 1. The van der Waals surface area contributed by atoms with Crippen molar-refractivity contribution in [1.82, 2.24) is 0 Å². The lowest BCUT2D eigenvalue weighted by Crippen LogP contribution is -2.31. The second kappa shape index (κ2) is 7.64. The Kier molecular flexibility index (Phi) is 5.28. The first kappa shape index (κ1) is 18.7. The topological polar surface area (TPSA) is 87.2 Å². The van der Waals surface area contributed by atoms with E-state index in [4.69, 9.17) is 5.73 Å². The molecule has 0 aromatic heterocycles. The fraction of sp³-hybridized carbons (Fsp3) is 0.150. The molecule has 0 spiro atoms. The lowest BCUT2D eigenvalue weighted by molar-refractivity contribution is -0.117. The van der Waals surface area contributed by atoms with Crippen LogP contribution in [0.5, 0.6) is 0 Å². The molecule has 5 nitrogen and oxygen atoms in total. The van der Waals surface area contributed by atoms with Crippen LogP contribution in [0.3, 0.4) is 0 Å². The standard InChI is InChI=1S/C20H16FN3O2S/c1-12-2-8-15(9-3-12)24-19(26)17(10-13-4-6-14(21)7-5-13)27-20(24)16(11-22)18(23)25/h2-9,17H,10H2,1H3,(H2,23,25)/b20-16+/t17-/m1/s1. The zero-order valence-corrected chi connectivity index (χ0v) is 15.3. The van der Waals surface area contributed by atoms with Crippen LogP contribution in [0.15, 0.2) is 59.1 Å². The van der Waals surface area contributed by atoms with Crippen molar-refractivity contribution in [2.45, 2.75) is 18.6 Å². The van der Waals surface area contributed by atoms with Crippen LogP contribution >= 0.6 is 11.8 Å². The normalized spacial score (nSPS) is 18.3. The van der Waals surface area contributed by atoms with E-state index in [1.807, 2.05) is 25.1 Å². The molecule has 1 atom stereocenters. The summed E-state index contributed by atoms with van der Waals surface area (Å²) in [5.41, 5.74) is 7.44. The summed E-state index contributed by atoms with van der Waals surface area (Å²) in [6.07, 6.45) is 0.340. The molecule has 0 saturated carbocycles. The van der Waals surface area contributed by atoms with E-state index < -0.39 is 11.2 Å². The van der Waals surface area contributed by atoms with Crippen LogP contribution in [0, 0.1) is 24.1 Å². The maximum Gasteiger partial charge on any atom is 0.262 e. The van der Waals surface area contributed by atoms with Gasteiger partial charge in [-0.3, -0.25) is 14.5 Å². The highest BCUT2D eigenvalue weighted by atomic mass is 32.2. The number of aryl methyl sites for hydroxylation is 1. The van der Waals surface area contributed by atoms with Gasteiger partial charge < -0.3 is 5.73 Å². The predicted octanol–water partition coefficient (Wildman–Crippen LogP) is 3.05. The van der Waals surface area contributed by atoms with Crippen LogP contribution in [0.1, 0.15) is 11.1 Å². The number of carbonyl (C=O) groups is 2. The summed E-state index contributed by atoms with van der Waals surface area (Å²) < 4.78 is 13.1. The van der Waals surface area contributed by atoms with Gasteiger partial charge in [0.25, 0.3) is 5.91 Å². The molecule has 3 rings (SSSR count). The second-order valence-electron chi connectivity index (χ2n) is 6.10. The van der Waals surface area contributed by atoms with Gasteiger partial charge in [0, 0.05) is 5.69 Å². The molecule has 2 aromatic carbocycles. The molecular weight excluding hydrogens is 365 g/mol. The van der Waals surface area contributed by atoms with E-state index in [9.17, 15) is 19.2 Å². The van der Waals surface area contributed by atoms with Gasteiger partial charge in [0.05, 0.1) is 5.25 Å². The average molecular weight is 381 g/mol. The van der Waals surface area contributed by atoms with Crippen LogP contribution in [0.25, 0.3) is 0 Å². The zero-order chi connectivity index (χ0) is 19.6. The van der Waals surface area contributed by atoms with E-state index in [2.05, 4.69) is 0 Å². The van der Waals surface area contributed by atoms with Gasteiger partial charge in [-0.05, 0) is 43.2 Å². The number of thioether (sulfide) groups is 1. The molecule has 0 radical (unpaired) electrons. The molecule has 0 aliphatic carbocycles. The molecule has 2 amide bonds. The van der Waals surface area contributed by atoms with Crippen molar-refractivity contribution in [3.63, 3.8) is 0 Å². The summed E-state index contributed by atoms with van der Waals surface area (Å²) in [6, 6.07) is 14.9. The lowest BCUT2D eigenvalue weighted by Gasteiger charge is -2.18. The molecule has 1 aliphatic heterocycles. The summed E-state index contributed by atoms with van der Waals surface area (Å²) in [5, 5.41) is 9.04. The molecule has 1 saturated heterocycles. The number of carbonyl (C=O) groups excluding carboxylic acids is 2. The fourth-order valence-corrected chi connectivity index (χ4v) is 4.08. The minimum absolute atomic E-state index is 0.228. The molecule has 0 unspecified atom stereocenters. The molecule has 1 aliphatic rings. The van der Waals surface area contributed by atoms with Gasteiger partial charge in [0.1, 0.15) is 22.5 Å². The van der Waals surface area contributed by atoms with E-state index in [-0.39, 0.29) is 22.3 Å². The summed E-state index contributed by atoms with van der Waals surface area (Å²) in [4.78, 5) is 26.1. The summed E-state index contributed by atoms with van der Waals surface area (Å²) in [5.74, 6) is -1.49. The Morgan fingerprint density at radius 3 is 2.41 bits per heavy atom. The number of nitrogens with zero attached hydrogens (tertiary/aromatic N) is 2. The van der Waals surface area contributed by atoms with Gasteiger partial charge in [0.15, 0.2) is 0 Å². The number of hydrogen-bond acceptors (Lipinski definition) is 4. The van der Waals surface area contributed by atoms with Crippen LogP contribution in [-0.2, 0) is 16.0 Å². The average Bonchev–Trinajstić information content (AvgIpc) is 2.94. The Hall–Kier alpha value is -3.11. The van der Waals surface area contributed by atoms with E-state index in [1.54, 1.807) is 24.3 Å². The van der Waals surface area contributed by atoms with Crippen LogP contribution < -0.4 is 10.6 Å². The molecule has 27 heavy (non-hydrogen) atoms. The third-order valence-corrected chi connectivity index (χ3v) is 5.41. The molecular formula is C20H16FN3O2S. The SMILES string of the molecule is Cc1ccc(N2C(=O)[C@@H](Cc3ccc(F)cc3)S/C2=C(\C#N)C(N)=O)cc1. The molecule has 1 fully saturated rings. The molecule has 0 bridgehead atoms. The van der Waals surface area contributed by atoms with Crippen molar-refractivity contribution in [2.24, 2.45) is 5.73 Å². The van der Waals surface area contributed by atoms with Gasteiger partial charge in [0.2, 0.25) is 5.91 Å². The first-order chi connectivity index (χ1) is 12.9. The van der Waals surface area contributed by atoms with Crippen molar-refractivity contribution in [3.8, 4) is 6.07 Å². The van der Waals surface area contributed by atoms with Crippen molar-refractivity contribution in [3.05, 3.63) is 76.1 Å². The number of nitriles is 1. The maximum absolute atomic E-state index is 13.1. The molecule has 7 heteroatoms. The highest BCUT2D eigenvalue weighted by Crippen LogP contribution is 2.41. The van der Waals surface area contributed by atoms with Crippen LogP contribution in [0.2, 0.25) is 0 Å². The number of primary amides is 1. The number of benzene rings is 2. The number of nitrogens with two attached hydrogens (primary N) is 1. The summed E-state index contributed by atoms with van der Waals surface area (Å²) >= 11 is 1.12. The predicted molar refractivity (Wildman–Crippen MR) is 102 cm³/mol. The van der Waals surface area contributed by atoms with Crippen molar-refractivity contribution >= 4 is 29.3 Å². The van der Waals surface area contributed by atoms with Crippen molar-refractivity contribution in [1.29, 1.82) is 5.26 Å². The molecule has 1 heterocycles. The smallest absolute Gasteiger partial charge is 0.262 e. The largest absolute Gasteiger partial charge is 0.365 e. The van der Waals surface area contributed by atoms with Crippen molar-refractivity contribution < 1.29 is 14.0 Å². The van der Waals surface area contributed by atoms with Crippen molar-refractivity contribution in [2.75, 3.05) is 4.90 Å². The van der Waals surface area contributed by atoms with E-state index >= 15 is 0 Å². The summed E-state index contributed by atoms with van der Waals surface area (Å²) in [6.45, 7) is 1.92. The van der Waals surface area contributed by atoms with E-state index in [1.165, 1.54) is 17.0 Å². The number of amides is 2. The van der Waals surface area contributed by atoms with Gasteiger partial charge in [-0.1, -0.05) is 41.6 Å². The second-order valence-corrected chi connectivity index (χ2v) is 7.29. The fourth-order valence-electron chi connectivity index (χ4n) is 2.76. The number of rotatable bonds is 4. The Labute approximate surface area is 160 Å². The zero-order valence-electron chi connectivity index (χ0n) is 14.5. The highest BCUT2D eigenvalue weighted by molar-refractivity contribution is 8.05. The first-order valence-corrected chi connectivity index (χ1v) is 9.04. The Balaban J connectivity index is 2.01. The van der Waals surface area contributed by atoms with Crippen LogP contribution in [-0.4, -0.2) is 17.1 Å². The molecule has 2 N–H and O–H groups in total. The Bertz CT molecular complexity index is 962. The third-order valence-electron chi connectivity index (χ3n) is 4.15. The van der Waals surface area contributed by atoms with E-state index in [0.29, 0.717) is 12.1 Å². The Morgan fingerprint density at radius 2 is 1.85 bits per heavy atom. The van der Waals surface area contributed by atoms with Gasteiger partial charge in [-0.15, -0.1) is 0 Å². The van der Waals surface area contributed by atoms with Gasteiger partial charge >= 0.3 is 0 Å². The number of anilines is 1. The Morgan fingerprint density at radius 1 is 1.22 bits per heavy atom. The number of halogens is 1. The lowest BCUT2D eigenvalue weighted by atomic mass is 10.1. The maximum atomic E-state index is 13.1.